The second kappa shape index (κ2) is 7.78. The van der Waals surface area contributed by atoms with Gasteiger partial charge in [0.15, 0.2) is 5.76 Å². The molecule has 2 unspecified atom stereocenters. The minimum atomic E-state index is -0.232. The number of Topliss-reactive ketones (excluding diaryl/α,β-unsaturated/α-hetero) is 1. The molecular formula is C22H21Cl2NO3. The first-order valence-corrected chi connectivity index (χ1v) is 10.3. The van der Waals surface area contributed by atoms with Gasteiger partial charge >= 0.3 is 0 Å². The lowest BCUT2D eigenvalue weighted by Crippen LogP contribution is -3.14. The number of hydrogen-bond donors (Lipinski definition) is 1. The normalized spacial score (nSPS) is 23.0. The molecule has 0 bridgehead atoms. The predicted octanol–water partition coefficient (Wildman–Crippen LogP) is 3.64. The summed E-state index contributed by atoms with van der Waals surface area (Å²) in [6.45, 7) is 3.81. The molecular weight excluding hydrogens is 397 g/mol. The first-order chi connectivity index (χ1) is 13.4. The Morgan fingerprint density at radius 3 is 2.82 bits per heavy atom. The predicted molar refractivity (Wildman–Crippen MR) is 108 cm³/mol. The van der Waals surface area contributed by atoms with Crippen molar-refractivity contribution in [2.24, 2.45) is 0 Å². The van der Waals surface area contributed by atoms with Crippen LogP contribution in [0.3, 0.4) is 0 Å². The highest BCUT2D eigenvalue weighted by Crippen LogP contribution is 2.39. The molecule has 1 fully saturated rings. The van der Waals surface area contributed by atoms with Gasteiger partial charge in [0, 0.05) is 15.6 Å². The molecule has 0 amide bonds. The Morgan fingerprint density at radius 1 is 1.25 bits per heavy atom. The average molecular weight is 418 g/mol. The van der Waals surface area contributed by atoms with Gasteiger partial charge in [-0.05, 0) is 56.0 Å². The van der Waals surface area contributed by atoms with Crippen LogP contribution in [0.4, 0.5) is 0 Å². The Bertz CT molecular complexity index is 970. The van der Waals surface area contributed by atoms with Gasteiger partial charge in [-0.2, -0.15) is 0 Å². The zero-order valence-corrected chi connectivity index (χ0v) is 17.1. The fourth-order valence-corrected chi connectivity index (χ4v) is 4.42. The number of piperidine rings is 1. The minimum Gasteiger partial charge on any atom is -0.872 e. The maximum absolute atomic E-state index is 12.8. The smallest absolute Gasteiger partial charge is 0.231 e. The molecule has 0 aliphatic carbocycles. The maximum Gasteiger partial charge on any atom is 0.231 e. The van der Waals surface area contributed by atoms with E-state index in [9.17, 15) is 9.90 Å². The van der Waals surface area contributed by atoms with E-state index in [-0.39, 0.29) is 17.3 Å². The summed E-state index contributed by atoms with van der Waals surface area (Å²) in [5, 5.41) is 13.5. The van der Waals surface area contributed by atoms with Gasteiger partial charge in [-0.25, -0.2) is 0 Å². The molecule has 146 valence electrons. The van der Waals surface area contributed by atoms with E-state index < -0.39 is 0 Å². The molecule has 0 radical (unpaired) electrons. The van der Waals surface area contributed by atoms with Crippen LogP contribution in [-0.4, -0.2) is 18.4 Å². The maximum atomic E-state index is 12.8. The van der Waals surface area contributed by atoms with Crippen molar-refractivity contribution < 1.29 is 19.5 Å². The van der Waals surface area contributed by atoms with Gasteiger partial charge in [0.2, 0.25) is 5.78 Å². The zero-order valence-electron chi connectivity index (χ0n) is 15.6. The number of ketones is 1. The number of ether oxygens (including phenoxy) is 1. The molecule has 6 heteroatoms. The summed E-state index contributed by atoms with van der Waals surface area (Å²) in [6.07, 6.45) is 5.14. The molecule has 1 N–H and O–H groups in total. The van der Waals surface area contributed by atoms with E-state index in [1.54, 1.807) is 30.3 Å². The van der Waals surface area contributed by atoms with Gasteiger partial charge < -0.3 is 14.7 Å². The summed E-state index contributed by atoms with van der Waals surface area (Å²) in [6, 6.07) is 8.57. The lowest BCUT2D eigenvalue weighted by atomic mass is 10.0. The topological polar surface area (TPSA) is 53.8 Å². The summed E-state index contributed by atoms with van der Waals surface area (Å²) in [7, 11) is 0. The number of benzene rings is 2. The van der Waals surface area contributed by atoms with Gasteiger partial charge in [-0.15, -0.1) is 0 Å². The van der Waals surface area contributed by atoms with E-state index in [0.29, 0.717) is 45.1 Å². The van der Waals surface area contributed by atoms with E-state index in [1.807, 2.05) is 0 Å². The van der Waals surface area contributed by atoms with E-state index in [4.69, 9.17) is 27.9 Å². The lowest BCUT2D eigenvalue weighted by Gasteiger charge is -2.31. The quantitative estimate of drug-likeness (QED) is 0.775. The molecule has 0 spiro atoms. The Balaban J connectivity index is 1.67. The van der Waals surface area contributed by atoms with E-state index in [2.05, 4.69) is 6.92 Å². The average Bonchev–Trinajstić information content (AvgIpc) is 2.97. The number of halogens is 2. The van der Waals surface area contributed by atoms with Crippen LogP contribution in [0.15, 0.2) is 36.1 Å². The Labute approximate surface area is 174 Å². The number of allylic oxidation sites excluding steroid dienone is 1. The minimum absolute atomic E-state index is 0.0809. The van der Waals surface area contributed by atoms with Crippen LogP contribution >= 0.6 is 23.2 Å². The zero-order chi connectivity index (χ0) is 19.8. The van der Waals surface area contributed by atoms with E-state index in [1.165, 1.54) is 17.4 Å². The van der Waals surface area contributed by atoms with Gasteiger partial charge in [-0.3, -0.25) is 4.79 Å². The highest BCUT2D eigenvalue weighted by atomic mass is 35.5. The fraction of sp³-hybridized carbons (Fsp3) is 0.318. The number of rotatable bonds is 3. The standard InChI is InChI=1S/C22H21Cl2NO3/c1-13-4-2-3-9-25(13)12-17-19(26)8-7-16-21(27)20(28-22(16)17)10-14-5-6-15(23)11-18(14)24/h5-8,10-11,13,26H,2-4,9,12H2,1H3. The number of carbonyl (C=O) groups excluding carboxylic acids is 1. The number of likely N-dealkylation sites (tertiary alicyclic amines) is 1. The van der Waals surface area contributed by atoms with Crippen LogP contribution in [0.5, 0.6) is 11.5 Å². The third-order valence-corrected chi connectivity index (χ3v) is 6.20. The second-order valence-corrected chi connectivity index (χ2v) is 8.35. The van der Waals surface area contributed by atoms with Gasteiger partial charge in [0.25, 0.3) is 0 Å². The summed E-state index contributed by atoms with van der Waals surface area (Å²) >= 11 is 12.2. The van der Waals surface area contributed by atoms with E-state index >= 15 is 0 Å². The SMILES string of the molecule is CC1CCCC[NH+]1Cc1c([O-])ccc2c1OC(=Cc1ccc(Cl)cc1Cl)C2=O. The number of carbonyl (C=O) groups is 1. The van der Waals surface area contributed by atoms with Crippen LogP contribution in [-0.2, 0) is 6.54 Å². The number of nitrogens with one attached hydrogen (secondary N) is 1. The summed E-state index contributed by atoms with van der Waals surface area (Å²) < 4.78 is 5.90. The summed E-state index contributed by atoms with van der Waals surface area (Å²) in [5.74, 6) is 0.262. The monoisotopic (exact) mass is 417 g/mol. The van der Waals surface area contributed by atoms with Crippen LogP contribution in [0.25, 0.3) is 6.08 Å². The number of hydrogen-bond acceptors (Lipinski definition) is 3. The molecule has 2 aliphatic rings. The van der Waals surface area contributed by atoms with Crippen molar-refractivity contribution >= 4 is 35.1 Å². The van der Waals surface area contributed by atoms with Gasteiger partial charge in [-0.1, -0.05) is 41.1 Å². The second-order valence-electron chi connectivity index (χ2n) is 7.51. The van der Waals surface area contributed by atoms with Crippen molar-refractivity contribution in [3.63, 3.8) is 0 Å². The van der Waals surface area contributed by atoms with Crippen LogP contribution in [0.2, 0.25) is 10.0 Å². The lowest BCUT2D eigenvalue weighted by molar-refractivity contribution is -0.942. The van der Waals surface area contributed by atoms with Crippen molar-refractivity contribution in [3.05, 3.63) is 62.8 Å². The first-order valence-electron chi connectivity index (χ1n) is 9.51. The molecule has 2 aromatic rings. The molecule has 1 saturated heterocycles. The molecule has 2 aromatic carbocycles. The van der Waals surface area contributed by atoms with Crippen molar-refractivity contribution in [1.82, 2.24) is 0 Å². The molecule has 2 atom stereocenters. The Morgan fingerprint density at radius 2 is 2.07 bits per heavy atom. The van der Waals surface area contributed by atoms with Gasteiger partial charge in [0.1, 0.15) is 12.3 Å². The Hall–Kier alpha value is -2.01. The number of quaternary nitrogens is 1. The third kappa shape index (κ3) is 3.64. The molecule has 0 saturated carbocycles. The van der Waals surface area contributed by atoms with Crippen molar-refractivity contribution in [1.29, 1.82) is 0 Å². The van der Waals surface area contributed by atoms with Crippen LogP contribution in [0, 0.1) is 0 Å². The van der Waals surface area contributed by atoms with Gasteiger partial charge in [0.05, 0.1) is 18.2 Å². The van der Waals surface area contributed by atoms with Crippen molar-refractivity contribution in [2.45, 2.75) is 38.8 Å². The summed E-state index contributed by atoms with van der Waals surface area (Å²) in [4.78, 5) is 14.2. The first kappa shape index (κ1) is 19.3. The third-order valence-electron chi connectivity index (χ3n) is 5.63. The molecule has 4 rings (SSSR count). The fourth-order valence-electron chi connectivity index (χ4n) is 3.96. The van der Waals surface area contributed by atoms with Crippen LogP contribution in [0.1, 0.15) is 47.7 Å². The molecule has 4 nitrogen and oxygen atoms in total. The Kier molecular flexibility index (Phi) is 5.37. The molecule has 2 aliphatic heterocycles. The van der Waals surface area contributed by atoms with Crippen LogP contribution < -0.4 is 14.7 Å². The summed E-state index contributed by atoms with van der Waals surface area (Å²) in [5.41, 5.74) is 1.66. The molecule has 0 aromatic heterocycles. The van der Waals surface area contributed by atoms with Crippen molar-refractivity contribution in [3.8, 4) is 11.5 Å². The highest BCUT2D eigenvalue weighted by molar-refractivity contribution is 6.35. The van der Waals surface area contributed by atoms with Crippen molar-refractivity contribution in [2.75, 3.05) is 6.54 Å². The molecule has 28 heavy (non-hydrogen) atoms. The highest BCUT2D eigenvalue weighted by Gasteiger charge is 2.32. The molecule has 2 heterocycles. The number of fused-ring (bicyclic) bond motifs is 1. The largest absolute Gasteiger partial charge is 0.872 e. The van der Waals surface area contributed by atoms with E-state index in [0.717, 1.165) is 19.4 Å².